The number of hydrogen-bond acceptors (Lipinski definition) is 3. The van der Waals surface area contributed by atoms with E-state index in [1.54, 1.807) is 0 Å². The number of phenolic OH excluding ortho intramolecular Hbond substituents is 1. The molecule has 0 saturated carbocycles. The number of para-hydroxylation sites is 1. The Morgan fingerprint density at radius 2 is 2.19 bits per heavy atom. The third-order valence-corrected chi connectivity index (χ3v) is 3.42. The molecule has 0 unspecified atom stereocenters. The first kappa shape index (κ1) is 11.9. The SMILES string of the molecule is Oc1c(Br)cccc1CN1CCCOCC1. The van der Waals surface area contributed by atoms with E-state index in [1.165, 1.54) is 0 Å². The van der Waals surface area contributed by atoms with Gasteiger partial charge in [0.15, 0.2) is 0 Å². The zero-order chi connectivity index (χ0) is 11.4. The largest absolute Gasteiger partial charge is 0.506 e. The van der Waals surface area contributed by atoms with Gasteiger partial charge >= 0.3 is 0 Å². The molecule has 0 atom stereocenters. The number of halogens is 1. The molecule has 0 aromatic heterocycles. The highest BCUT2D eigenvalue weighted by Crippen LogP contribution is 2.28. The Bertz CT molecular complexity index is 349. The number of benzene rings is 1. The van der Waals surface area contributed by atoms with Crippen molar-refractivity contribution in [1.82, 2.24) is 4.90 Å². The Labute approximate surface area is 104 Å². The fourth-order valence-electron chi connectivity index (χ4n) is 1.88. The van der Waals surface area contributed by atoms with Gasteiger partial charge in [-0.05, 0) is 28.4 Å². The average molecular weight is 286 g/mol. The van der Waals surface area contributed by atoms with E-state index in [1.807, 2.05) is 18.2 Å². The van der Waals surface area contributed by atoms with Gasteiger partial charge in [-0.3, -0.25) is 4.90 Å². The molecule has 1 saturated heterocycles. The first-order valence-electron chi connectivity index (χ1n) is 5.54. The normalized spacial score (nSPS) is 18.3. The zero-order valence-corrected chi connectivity index (χ0v) is 10.7. The topological polar surface area (TPSA) is 32.7 Å². The minimum absolute atomic E-state index is 0.354. The molecule has 1 N–H and O–H groups in total. The van der Waals surface area contributed by atoms with Crippen LogP contribution in [0.4, 0.5) is 0 Å². The second kappa shape index (κ2) is 5.66. The van der Waals surface area contributed by atoms with Crippen LogP contribution in [0, 0.1) is 0 Å². The fraction of sp³-hybridized carbons (Fsp3) is 0.500. The van der Waals surface area contributed by atoms with Gasteiger partial charge in [-0.25, -0.2) is 0 Å². The van der Waals surface area contributed by atoms with Crippen molar-refractivity contribution in [2.24, 2.45) is 0 Å². The molecule has 0 radical (unpaired) electrons. The maximum atomic E-state index is 9.89. The van der Waals surface area contributed by atoms with Crippen LogP contribution >= 0.6 is 15.9 Å². The molecule has 4 heteroatoms. The lowest BCUT2D eigenvalue weighted by atomic mass is 10.2. The van der Waals surface area contributed by atoms with Crippen LogP contribution in [0.1, 0.15) is 12.0 Å². The number of ether oxygens (including phenoxy) is 1. The van der Waals surface area contributed by atoms with Gasteiger partial charge in [-0.1, -0.05) is 12.1 Å². The van der Waals surface area contributed by atoms with E-state index in [-0.39, 0.29) is 0 Å². The van der Waals surface area contributed by atoms with E-state index < -0.39 is 0 Å². The number of rotatable bonds is 2. The maximum absolute atomic E-state index is 9.89. The summed E-state index contributed by atoms with van der Waals surface area (Å²) in [6, 6.07) is 5.77. The van der Waals surface area contributed by atoms with Crippen LogP contribution in [0.25, 0.3) is 0 Å². The van der Waals surface area contributed by atoms with Crippen LogP contribution in [-0.4, -0.2) is 36.3 Å². The molecule has 3 nitrogen and oxygen atoms in total. The van der Waals surface area contributed by atoms with E-state index >= 15 is 0 Å². The smallest absolute Gasteiger partial charge is 0.134 e. The highest BCUT2D eigenvalue weighted by atomic mass is 79.9. The van der Waals surface area contributed by atoms with Crippen molar-refractivity contribution < 1.29 is 9.84 Å². The predicted octanol–water partition coefficient (Wildman–Crippen LogP) is 2.38. The maximum Gasteiger partial charge on any atom is 0.134 e. The number of hydrogen-bond donors (Lipinski definition) is 1. The molecular formula is C12H16BrNO2. The second-order valence-corrected chi connectivity index (χ2v) is 4.84. The molecule has 1 aromatic carbocycles. The molecule has 0 spiro atoms. The summed E-state index contributed by atoms with van der Waals surface area (Å²) in [5.74, 6) is 0.354. The van der Waals surface area contributed by atoms with E-state index in [0.717, 1.165) is 49.3 Å². The van der Waals surface area contributed by atoms with Crippen LogP contribution in [0.2, 0.25) is 0 Å². The number of aromatic hydroxyl groups is 1. The Morgan fingerprint density at radius 3 is 3.06 bits per heavy atom. The Hall–Kier alpha value is -0.580. The summed E-state index contributed by atoms with van der Waals surface area (Å²) >= 11 is 3.33. The Balaban J connectivity index is 2.04. The van der Waals surface area contributed by atoms with Crippen LogP contribution < -0.4 is 0 Å². The van der Waals surface area contributed by atoms with Crippen LogP contribution in [0.3, 0.4) is 0 Å². The lowest BCUT2D eigenvalue weighted by Gasteiger charge is -2.19. The summed E-state index contributed by atoms with van der Waals surface area (Å²) in [5, 5.41) is 9.89. The summed E-state index contributed by atoms with van der Waals surface area (Å²) in [6.45, 7) is 4.39. The quantitative estimate of drug-likeness (QED) is 0.906. The summed E-state index contributed by atoms with van der Waals surface area (Å²) in [6.07, 6.45) is 1.06. The van der Waals surface area contributed by atoms with Crippen molar-refractivity contribution in [1.29, 1.82) is 0 Å². The first-order valence-corrected chi connectivity index (χ1v) is 6.33. The summed E-state index contributed by atoms with van der Waals surface area (Å²) in [4.78, 5) is 2.31. The number of nitrogens with zero attached hydrogens (tertiary/aromatic N) is 1. The molecular weight excluding hydrogens is 270 g/mol. The van der Waals surface area contributed by atoms with Crippen molar-refractivity contribution in [3.63, 3.8) is 0 Å². The van der Waals surface area contributed by atoms with E-state index in [0.29, 0.717) is 5.75 Å². The molecule has 88 valence electrons. The van der Waals surface area contributed by atoms with Gasteiger partial charge < -0.3 is 9.84 Å². The molecule has 1 heterocycles. The lowest BCUT2D eigenvalue weighted by molar-refractivity contribution is 0.140. The monoisotopic (exact) mass is 285 g/mol. The molecule has 0 amide bonds. The standard InChI is InChI=1S/C12H16BrNO2/c13-11-4-1-3-10(12(11)15)9-14-5-2-7-16-8-6-14/h1,3-4,15H,2,5-9H2. The van der Waals surface area contributed by atoms with Gasteiger partial charge in [0.25, 0.3) is 0 Å². The number of phenols is 1. The predicted molar refractivity (Wildman–Crippen MR) is 66.5 cm³/mol. The van der Waals surface area contributed by atoms with Crippen LogP contribution in [0.15, 0.2) is 22.7 Å². The lowest BCUT2D eigenvalue weighted by Crippen LogP contribution is -2.25. The van der Waals surface area contributed by atoms with Gasteiger partial charge in [-0.15, -0.1) is 0 Å². The van der Waals surface area contributed by atoms with Crippen LogP contribution in [0.5, 0.6) is 5.75 Å². The van der Waals surface area contributed by atoms with Crippen molar-refractivity contribution in [3.05, 3.63) is 28.2 Å². The van der Waals surface area contributed by atoms with Crippen molar-refractivity contribution in [2.45, 2.75) is 13.0 Å². The summed E-state index contributed by atoms with van der Waals surface area (Å²) in [7, 11) is 0. The van der Waals surface area contributed by atoms with Crippen LogP contribution in [-0.2, 0) is 11.3 Å². The van der Waals surface area contributed by atoms with Gasteiger partial charge in [0, 0.05) is 31.8 Å². The summed E-state index contributed by atoms with van der Waals surface area (Å²) < 4.78 is 6.16. The second-order valence-electron chi connectivity index (χ2n) is 3.99. The third kappa shape index (κ3) is 2.97. The molecule has 2 rings (SSSR count). The zero-order valence-electron chi connectivity index (χ0n) is 9.16. The molecule has 1 aliphatic heterocycles. The average Bonchev–Trinajstić information content (AvgIpc) is 2.53. The third-order valence-electron chi connectivity index (χ3n) is 2.78. The minimum atomic E-state index is 0.354. The van der Waals surface area contributed by atoms with Crippen molar-refractivity contribution in [2.75, 3.05) is 26.3 Å². The van der Waals surface area contributed by atoms with Gasteiger partial charge in [0.1, 0.15) is 5.75 Å². The minimum Gasteiger partial charge on any atom is -0.506 e. The van der Waals surface area contributed by atoms with Gasteiger partial charge in [0.05, 0.1) is 11.1 Å². The molecule has 16 heavy (non-hydrogen) atoms. The summed E-state index contributed by atoms with van der Waals surface area (Å²) in [5.41, 5.74) is 0.969. The molecule has 1 aromatic rings. The molecule has 1 fully saturated rings. The van der Waals surface area contributed by atoms with Crippen molar-refractivity contribution >= 4 is 15.9 Å². The first-order chi connectivity index (χ1) is 7.77. The van der Waals surface area contributed by atoms with E-state index in [2.05, 4.69) is 20.8 Å². The highest BCUT2D eigenvalue weighted by molar-refractivity contribution is 9.10. The Morgan fingerprint density at radius 1 is 1.31 bits per heavy atom. The van der Waals surface area contributed by atoms with Gasteiger partial charge in [0.2, 0.25) is 0 Å². The van der Waals surface area contributed by atoms with E-state index in [9.17, 15) is 5.11 Å². The van der Waals surface area contributed by atoms with E-state index in [4.69, 9.17) is 4.74 Å². The van der Waals surface area contributed by atoms with Crippen molar-refractivity contribution in [3.8, 4) is 5.75 Å². The highest BCUT2D eigenvalue weighted by Gasteiger charge is 2.12. The molecule has 1 aliphatic rings. The molecule has 0 aliphatic carbocycles. The Kier molecular flexibility index (Phi) is 4.21. The molecule has 0 bridgehead atoms. The van der Waals surface area contributed by atoms with Gasteiger partial charge in [-0.2, -0.15) is 0 Å². The fourth-order valence-corrected chi connectivity index (χ4v) is 2.29.